The maximum absolute atomic E-state index is 13.9. The second kappa shape index (κ2) is 8.21. The number of rotatable bonds is 6. The Balaban J connectivity index is 2.54. The summed E-state index contributed by atoms with van der Waals surface area (Å²) >= 11 is 0. The molecule has 0 saturated heterocycles. The lowest BCUT2D eigenvalue weighted by Crippen LogP contribution is -2.45. The van der Waals surface area contributed by atoms with Gasteiger partial charge in [-0.2, -0.15) is 4.99 Å². The molecule has 1 unspecified atom stereocenters. The lowest BCUT2D eigenvalue weighted by molar-refractivity contribution is 0.169. The highest BCUT2D eigenvalue weighted by atomic mass is 19.2. The van der Waals surface area contributed by atoms with Gasteiger partial charge in [-0.3, -0.25) is 4.39 Å². The Labute approximate surface area is 122 Å². The minimum atomic E-state index is -2.72. The zero-order valence-corrected chi connectivity index (χ0v) is 12.0. The largest absolute Gasteiger partial charge is 0.384 e. The number of aliphatic imine (C=N–C) groups is 1. The van der Waals surface area contributed by atoms with E-state index >= 15 is 0 Å². The molecule has 0 spiro atoms. The van der Waals surface area contributed by atoms with Crippen LogP contribution >= 0.6 is 0 Å². The molecule has 0 bridgehead atoms. The van der Waals surface area contributed by atoms with Crippen molar-refractivity contribution in [3.8, 4) is 0 Å². The van der Waals surface area contributed by atoms with Gasteiger partial charge in [-0.05, 0) is 38.1 Å². The van der Waals surface area contributed by atoms with Gasteiger partial charge in [0.15, 0.2) is 5.67 Å². The van der Waals surface area contributed by atoms with Gasteiger partial charge in [0.2, 0.25) is 0 Å². The zero-order chi connectivity index (χ0) is 15.9. The number of alkyl halides is 3. The van der Waals surface area contributed by atoms with Crippen LogP contribution in [0.1, 0.15) is 32.1 Å². The first-order valence-electron chi connectivity index (χ1n) is 7.11. The van der Waals surface area contributed by atoms with Crippen molar-refractivity contribution in [3.63, 3.8) is 0 Å². The number of carbonyl (C=O) groups is 1. The molecular formula is C13H23F3N4O. The lowest BCUT2D eigenvalue weighted by atomic mass is 9.86. The highest BCUT2D eigenvalue weighted by molar-refractivity contribution is 5.97. The Morgan fingerprint density at radius 2 is 1.90 bits per heavy atom. The normalized spacial score (nSPS) is 26.2. The summed E-state index contributed by atoms with van der Waals surface area (Å²) in [7, 11) is 0. The molecule has 21 heavy (non-hydrogen) atoms. The summed E-state index contributed by atoms with van der Waals surface area (Å²) in [6.07, 6.45) is 2.57. The molecule has 5 N–H and O–H groups in total. The first-order chi connectivity index (χ1) is 9.95. The van der Waals surface area contributed by atoms with Crippen LogP contribution in [-0.2, 0) is 0 Å². The third-order valence-corrected chi connectivity index (χ3v) is 3.89. The second-order valence-electron chi connectivity index (χ2n) is 5.44. The fourth-order valence-electron chi connectivity index (χ4n) is 2.37. The number of urea groups is 1. The Morgan fingerprint density at radius 3 is 2.38 bits per heavy atom. The number of nitrogens with one attached hydrogen (secondary N) is 1. The van der Waals surface area contributed by atoms with E-state index in [9.17, 15) is 18.0 Å². The van der Waals surface area contributed by atoms with Crippen molar-refractivity contribution < 1.29 is 18.0 Å². The summed E-state index contributed by atoms with van der Waals surface area (Å²) in [5, 5.41) is 2.60. The first kappa shape index (κ1) is 17.7. The van der Waals surface area contributed by atoms with E-state index < -0.39 is 37.3 Å². The van der Waals surface area contributed by atoms with Crippen molar-refractivity contribution in [1.82, 2.24) is 5.32 Å². The van der Waals surface area contributed by atoms with Crippen molar-refractivity contribution in [2.24, 2.45) is 22.4 Å². The van der Waals surface area contributed by atoms with Gasteiger partial charge in [-0.1, -0.05) is 0 Å². The molecule has 0 heterocycles. The molecule has 0 aliphatic heterocycles. The summed E-state index contributed by atoms with van der Waals surface area (Å²) in [5.41, 5.74) is 8.14. The number of nitrogens with zero attached hydrogens (tertiary/aromatic N) is 1. The van der Waals surface area contributed by atoms with Crippen molar-refractivity contribution in [2.75, 3.05) is 19.9 Å². The maximum atomic E-state index is 13.9. The van der Waals surface area contributed by atoms with E-state index in [1.165, 1.54) is 0 Å². The highest BCUT2D eigenvalue weighted by Crippen LogP contribution is 2.23. The van der Waals surface area contributed by atoms with Crippen molar-refractivity contribution in [3.05, 3.63) is 0 Å². The zero-order valence-electron chi connectivity index (χ0n) is 12.0. The fourth-order valence-corrected chi connectivity index (χ4v) is 2.37. The number of hydrogen-bond donors (Lipinski definition) is 3. The molecule has 1 aliphatic rings. The van der Waals surface area contributed by atoms with Gasteiger partial charge in [0.1, 0.15) is 12.5 Å². The van der Waals surface area contributed by atoms with Crippen LogP contribution in [0.4, 0.5) is 18.0 Å². The number of halogens is 3. The SMILES string of the molecule is NCC1CCC(NC(=O)/N=C(\N)C(F)(CF)CCF)CC1. The first-order valence-corrected chi connectivity index (χ1v) is 7.11. The Bertz CT molecular complexity index is 372. The van der Waals surface area contributed by atoms with Gasteiger partial charge >= 0.3 is 6.03 Å². The Hall–Kier alpha value is -1.31. The fraction of sp³-hybridized carbons (Fsp3) is 0.846. The van der Waals surface area contributed by atoms with E-state index in [0.29, 0.717) is 12.5 Å². The minimum absolute atomic E-state index is 0.0718. The second-order valence-corrected chi connectivity index (χ2v) is 5.44. The van der Waals surface area contributed by atoms with Crippen LogP contribution in [0, 0.1) is 5.92 Å². The van der Waals surface area contributed by atoms with Crippen molar-refractivity contribution in [1.29, 1.82) is 0 Å². The van der Waals surface area contributed by atoms with Gasteiger partial charge in [0.05, 0.1) is 6.67 Å². The number of carbonyl (C=O) groups excluding carboxylic acids is 1. The van der Waals surface area contributed by atoms with Crippen molar-refractivity contribution >= 4 is 11.9 Å². The number of amides is 2. The van der Waals surface area contributed by atoms with Crippen LogP contribution < -0.4 is 16.8 Å². The van der Waals surface area contributed by atoms with E-state index in [0.717, 1.165) is 25.7 Å². The summed E-state index contributed by atoms with van der Waals surface area (Å²) in [6, 6.07) is -0.893. The van der Waals surface area contributed by atoms with Crippen LogP contribution in [0.5, 0.6) is 0 Å². The van der Waals surface area contributed by atoms with Crippen LogP contribution in [0.15, 0.2) is 4.99 Å². The molecule has 0 aromatic rings. The number of amidine groups is 1. The van der Waals surface area contributed by atoms with Gasteiger partial charge in [0.25, 0.3) is 0 Å². The third-order valence-electron chi connectivity index (χ3n) is 3.89. The average molecular weight is 308 g/mol. The smallest absolute Gasteiger partial charge is 0.342 e. The van der Waals surface area contributed by atoms with E-state index in [1.54, 1.807) is 0 Å². The summed E-state index contributed by atoms with van der Waals surface area (Å²) in [6.45, 7) is -1.97. The van der Waals surface area contributed by atoms with E-state index in [1.807, 2.05) is 0 Å². The number of hydrogen-bond acceptors (Lipinski definition) is 2. The summed E-state index contributed by atoms with van der Waals surface area (Å²) in [4.78, 5) is 15.0. The van der Waals surface area contributed by atoms with Gasteiger partial charge in [0, 0.05) is 12.5 Å². The monoisotopic (exact) mass is 308 g/mol. The van der Waals surface area contributed by atoms with Gasteiger partial charge < -0.3 is 16.8 Å². The summed E-state index contributed by atoms with van der Waals surface area (Å²) < 4.78 is 38.7. The molecular weight excluding hydrogens is 285 g/mol. The minimum Gasteiger partial charge on any atom is -0.384 e. The molecule has 2 amide bonds. The van der Waals surface area contributed by atoms with E-state index in [4.69, 9.17) is 11.5 Å². The van der Waals surface area contributed by atoms with Gasteiger partial charge in [-0.15, -0.1) is 0 Å². The molecule has 1 rings (SSSR count). The molecule has 0 radical (unpaired) electrons. The lowest BCUT2D eigenvalue weighted by Gasteiger charge is -2.27. The maximum Gasteiger partial charge on any atom is 0.342 e. The standard InChI is InChI=1S/C13H23F3N4O/c14-6-5-13(16,8-15)11(18)20-12(21)19-10-3-1-9(7-17)2-4-10/h9-10H,1-8,17H2,(H3,18,19,20,21). The predicted molar refractivity (Wildman–Crippen MR) is 75.4 cm³/mol. The molecule has 1 atom stereocenters. The number of nitrogens with two attached hydrogens (primary N) is 2. The Morgan fingerprint density at radius 1 is 1.29 bits per heavy atom. The topological polar surface area (TPSA) is 93.5 Å². The van der Waals surface area contributed by atoms with Crippen LogP contribution in [0.2, 0.25) is 0 Å². The molecule has 0 aromatic heterocycles. The highest BCUT2D eigenvalue weighted by Gasteiger charge is 2.35. The molecule has 1 saturated carbocycles. The Kier molecular flexibility index (Phi) is 6.94. The van der Waals surface area contributed by atoms with Crippen molar-refractivity contribution in [2.45, 2.75) is 43.8 Å². The molecule has 1 aliphatic carbocycles. The third kappa shape index (κ3) is 5.18. The molecule has 0 aromatic carbocycles. The summed E-state index contributed by atoms with van der Waals surface area (Å²) in [5.74, 6) is -0.364. The molecule has 5 nitrogen and oxygen atoms in total. The molecule has 1 fully saturated rings. The predicted octanol–water partition coefficient (Wildman–Crippen LogP) is 1.61. The molecule has 8 heteroatoms. The van der Waals surface area contributed by atoms with E-state index in [-0.39, 0.29) is 6.04 Å². The average Bonchev–Trinajstić information content (AvgIpc) is 2.48. The quantitative estimate of drug-likeness (QED) is 0.514. The van der Waals surface area contributed by atoms with Crippen LogP contribution in [0.25, 0.3) is 0 Å². The molecule has 122 valence electrons. The van der Waals surface area contributed by atoms with E-state index in [2.05, 4.69) is 10.3 Å². The van der Waals surface area contributed by atoms with Crippen LogP contribution in [-0.4, -0.2) is 43.5 Å². The van der Waals surface area contributed by atoms with Gasteiger partial charge in [-0.25, -0.2) is 13.6 Å². The van der Waals surface area contributed by atoms with Crippen LogP contribution in [0.3, 0.4) is 0 Å².